The average Bonchev–Trinajstić information content (AvgIpc) is 2.20. The van der Waals surface area contributed by atoms with Crippen LogP contribution in [0.2, 0.25) is 0 Å². The van der Waals surface area contributed by atoms with Crippen molar-refractivity contribution in [3.05, 3.63) is 0 Å². The van der Waals surface area contributed by atoms with Crippen molar-refractivity contribution in [1.82, 2.24) is 5.43 Å². The van der Waals surface area contributed by atoms with Crippen LogP contribution in [0.25, 0.3) is 0 Å². The van der Waals surface area contributed by atoms with Gasteiger partial charge in [0.05, 0.1) is 19.8 Å². The summed E-state index contributed by atoms with van der Waals surface area (Å²) in [5.74, 6) is 5.19. The molecule has 7 heteroatoms. The summed E-state index contributed by atoms with van der Waals surface area (Å²) in [7, 11) is 1.55. The van der Waals surface area contributed by atoms with Gasteiger partial charge in [0, 0.05) is 19.6 Å². The minimum atomic E-state index is -4.10. The molecular weight excluding hydrogens is 225 g/mol. The van der Waals surface area contributed by atoms with Gasteiger partial charge in [-0.15, -0.1) is 0 Å². The van der Waals surface area contributed by atoms with Crippen LogP contribution in [0.1, 0.15) is 19.3 Å². The van der Waals surface area contributed by atoms with E-state index in [1.807, 2.05) is 0 Å². The maximum atomic E-state index is 11.9. The second-order valence-corrected chi connectivity index (χ2v) is 3.44. The zero-order chi connectivity index (χ0) is 12.4. The van der Waals surface area contributed by atoms with Crippen LogP contribution in [0.5, 0.6) is 0 Å². The Morgan fingerprint density at radius 3 is 2.50 bits per heavy atom. The molecule has 0 aliphatic carbocycles. The van der Waals surface area contributed by atoms with Crippen molar-refractivity contribution in [3.8, 4) is 0 Å². The van der Waals surface area contributed by atoms with Gasteiger partial charge in [-0.25, -0.2) is 0 Å². The van der Waals surface area contributed by atoms with Gasteiger partial charge in [-0.2, -0.15) is 13.2 Å². The molecule has 16 heavy (non-hydrogen) atoms. The molecule has 0 aromatic carbocycles. The van der Waals surface area contributed by atoms with E-state index in [0.29, 0.717) is 19.6 Å². The molecule has 4 nitrogen and oxygen atoms in total. The molecule has 0 saturated heterocycles. The largest absolute Gasteiger partial charge is 0.389 e. The van der Waals surface area contributed by atoms with Crippen molar-refractivity contribution in [2.45, 2.75) is 31.5 Å². The number of ether oxygens (including phenoxy) is 2. The van der Waals surface area contributed by atoms with Gasteiger partial charge in [0.25, 0.3) is 0 Å². The van der Waals surface area contributed by atoms with E-state index in [4.69, 9.17) is 15.3 Å². The number of nitrogens with two attached hydrogens (primary N) is 1. The highest BCUT2D eigenvalue weighted by molar-refractivity contribution is 4.64. The summed E-state index contributed by atoms with van der Waals surface area (Å²) in [6.07, 6.45) is -4.51. The molecule has 0 bridgehead atoms. The van der Waals surface area contributed by atoms with Gasteiger partial charge in [-0.1, -0.05) is 0 Å². The third kappa shape index (κ3) is 10.2. The number of nitrogens with one attached hydrogen (secondary N) is 1. The van der Waals surface area contributed by atoms with Crippen molar-refractivity contribution in [2.24, 2.45) is 5.84 Å². The van der Waals surface area contributed by atoms with Crippen LogP contribution in [0.4, 0.5) is 13.2 Å². The minimum Gasteiger partial charge on any atom is -0.382 e. The maximum Gasteiger partial charge on any atom is 0.389 e. The number of rotatable bonds is 9. The van der Waals surface area contributed by atoms with Gasteiger partial charge >= 0.3 is 6.18 Å². The van der Waals surface area contributed by atoms with E-state index < -0.39 is 12.6 Å². The Kier molecular flexibility index (Phi) is 8.54. The van der Waals surface area contributed by atoms with Crippen LogP contribution in [-0.4, -0.2) is 39.1 Å². The standard InChI is InChI=1S/C9H19F3N2O2/c1-15-5-6-16-7-8(14-13)3-2-4-9(10,11)12/h8,14H,2-7,13H2,1H3. The Labute approximate surface area is 93.2 Å². The molecule has 0 spiro atoms. The van der Waals surface area contributed by atoms with Gasteiger partial charge in [-0.05, 0) is 12.8 Å². The molecule has 0 aliphatic heterocycles. The van der Waals surface area contributed by atoms with Crippen LogP contribution in [0.15, 0.2) is 0 Å². The highest BCUT2D eigenvalue weighted by Crippen LogP contribution is 2.22. The monoisotopic (exact) mass is 244 g/mol. The number of hydrazine groups is 1. The molecule has 1 unspecified atom stereocenters. The molecule has 0 fully saturated rings. The molecule has 98 valence electrons. The van der Waals surface area contributed by atoms with Crippen LogP contribution >= 0.6 is 0 Å². The SMILES string of the molecule is COCCOCC(CCCC(F)(F)F)NN. The number of hydrogen-bond donors (Lipinski definition) is 2. The molecule has 1 atom stereocenters. The summed E-state index contributed by atoms with van der Waals surface area (Å²) >= 11 is 0. The summed E-state index contributed by atoms with van der Waals surface area (Å²) in [5, 5.41) is 0. The topological polar surface area (TPSA) is 56.5 Å². The molecule has 0 aliphatic rings. The molecule has 0 aromatic rings. The third-order valence-electron chi connectivity index (χ3n) is 2.00. The lowest BCUT2D eigenvalue weighted by Gasteiger charge is -2.16. The van der Waals surface area contributed by atoms with Crippen molar-refractivity contribution >= 4 is 0 Å². The van der Waals surface area contributed by atoms with Crippen molar-refractivity contribution in [2.75, 3.05) is 26.9 Å². The van der Waals surface area contributed by atoms with Gasteiger partial charge in [-0.3, -0.25) is 11.3 Å². The smallest absolute Gasteiger partial charge is 0.382 e. The first-order valence-corrected chi connectivity index (χ1v) is 5.09. The normalized spacial score (nSPS) is 14.1. The van der Waals surface area contributed by atoms with E-state index in [1.54, 1.807) is 7.11 Å². The van der Waals surface area contributed by atoms with Crippen molar-refractivity contribution in [1.29, 1.82) is 0 Å². The number of methoxy groups -OCH3 is 1. The molecule has 0 heterocycles. The van der Waals surface area contributed by atoms with Crippen LogP contribution < -0.4 is 11.3 Å². The van der Waals surface area contributed by atoms with E-state index in [2.05, 4.69) is 5.43 Å². The molecule has 0 amide bonds. The summed E-state index contributed by atoms with van der Waals surface area (Å²) < 4.78 is 45.5. The summed E-state index contributed by atoms with van der Waals surface area (Å²) in [6, 6.07) is -0.251. The van der Waals surface area contributed by atoms with Crippen LogP contribution in [0, 0.1) is 0 Å². The molecule has 0 rings (SSSR count). The third-order valence-corrected chi connectivity index (χ3v) is 2.00. The van der Waals surface area contributed by atoms with Gasteiger partial charge in [0.1, 0.15) is 0 Å². The van der Waals surface area contributed by atoms with Crippen LogP contribution in [-0.2, 0) is 9.47 Å². The second kappa shape index (κ2) is 8.74. The van der Waals surface area contributed by atoms with Gasteiger partial charge in [0.2, 0.25) is 0 Å². The predicted octanol–water partition coefficient (Wildman–Crippen LogP) is 1.21. The zero-order valence-corrected chi connectivity index (χ0v) is 9.35. The van der Waals surface area contributed by atoms with E-state index in [9.17, 15) is 13.2 Å². The van der Waals surface area contributed by atoms with E-state index in [1.165, 1.54) is 0 Å². The van der Waals surface area contributed by atoms with E-state index in [-0.39, 0.29) is 19.1 Å². The van der Waals surface area contributed by atoms with Crippen molar-refractivity contribution in [3.63, 3.8) is 0 Å². The summed E-state index contributed by atoms with van der Waals surface area (Å²) in [5.41, 5.74) is 2.43. The Hall–Kier alpha value is -0.370. The lowest BCUT2D eigenvalue weighted by molar-refractivity contribution is -0.136. The fraction of sp³-hybridized carbons (Fsp3) is 1.00. The zero-order valence-electron chi connectivity index (χ0n) is 9.35. The fourth-order valence-corrected chi connectivity index (χ4v) is 1.13. The fourth-order valence-electron chi connectivity index (χ4n) is 1.13. The van der Waals surface area contributed by atoms with E-state index in [0.717, 1.165) is 0 Å². The first-order chi connectivity index (χ1) is 7.49. The minimum absolute atomic E-state index is 0.0476. The Bertz CT molecular complexity index is 167. The van der Waals surface area contributed by atoms with Crippen molar-refractivity contribution < 1.29 is 22.6 Å². The average molecular weight is 244 g/mol. The summed E-state index contributed by atoms with van der Waals surface area (Å²) in [6.45, 7) is 1.16. The first-order valence-electron chi connectivity index (χ1n) is 5.09. The summed E-state index contributed by atoms with van der Waals surface area (Å²) in [4.78, 5) is 0. The molecule has 0 saturated carbocycles. The first kappa shape index (κ1) is 15.6. The van der Waals surface area contributed by atoms with Gasteiger partial charge < -0.3 is 9.47 Å². The van der Waals surface area contributed by atoms with Gasteiger partial charge in [0.15, 0.2) is 0 Å². The Morgan fingerprint density at radius 1 is 1.31 bits per heavy atom. The molecule has 3 N–H and O–H groups in total. The Morgan fingerprint density at radius 2 is 2.00 bits per heavy atom. The molecular formula is C9H19F3N2O2. The van der Waals surface area contributed by atoms with Crippen LogP contribution in [0.3, 0.4) is 0 Å². The Balaban J connectivity index is 3.51. The lowest BCUT2D eigenvalue weighted by Crippen LogP contribution is -2.39. The molecule has 0 radical (unpaired) electrons. The lowest BCUT2D eigenvalue weighted by atomic mass is 10.1. The van der Waals surface area contributed by atoms with E-state index >= 15 is 0 Å². The quantitative estimate of drug-likeness (QED) is 0.364. The predicted molar refractivity (Wildman–Crippen MR) is 53.7 cm³/mol. The number of halogens is 3. The highest BCUT2D eigenvalue weighted by Gasteiger charge is 2.26. The highest BCUT2D eigenvalue weighted by atomic mass is 19.4. The number of alkyl halides is 3. The number of hydrogen-bond acceptors (Lipinski definition) is 4. The molecule has 0 aromatic heterocycles. The second-order valence-electron chi connectivity index (χ2n) is 3.44. The maximum absolute atomic E-state index is 11.9.